The van der Waals surface area contributed by atoms with E-state index in [1.54, 1.807) is 18.4 Å². The largest absolute Gasteiger partial charge is 0.322 e. The first kappa shape index (κ1) is 16.0. The van der Waals surface area contributed by atoms with Gasteiger partial charge in [-0.15, -0.1) is 11.8 Å². The lowest BCUT2D eigenvalue weighted by Crippen LogP contribution is -2.13. The molecule has 0 aliphatic carbocycles. The van der Waals surface area contributed by atoms with Gasteiger partial charge < -0.3 is 5.32 Å². The molecule has 22 heavy (non-hydrogen) atoms. The molecule has 0 bridgehead atoms. The second kappa shape index (κ2) is 6.62. The molecular formula is C16H16N2O3S. The van der Waals surface area contributed by atoms with Gasteiger partial charge in [-0.05, 0) is 43.9 Å². The molecule has 2 rings (SSSR count). The smallest absolute Gasteiger partial charge is 0.283 e. The van der Waals surface area contributed by atoms with Crippen LogP contribution in [0.4, 0.5) is 11.4 Å². The highest BCUT2D eigenvalue weighted by atomic mass is 32.2. The fraction of sp³-hybridized carbons (Fsp3) is 0.188. The molecule has 0 radical (unpaired) electrons. The molecule has 0 aliphatic heterocycles. The second-order valence-electron chi connectivity index (χ2n) is 4.92. The SMILES string of the molecule is CSc1ccc(C(=O)Nc2ccc(C)cc2C)cc1[N+](=O)[O-]. The van der Waals surface area contributed by atoms with Crippen LogP contribution in [0.1, 0.15) is 21.5 Å². The summed E-state index contributed by atoms with van der Waals surface area (Å²) in [6.07, 6.45) is 1.76. The molecule has 0 aliphatic rings. The molecule has 0 fully saturated rings. The zero-order valence-electron chi connectivity index (χ0n) is 12.5. The van der Waals surface area contributed by atoms with Gasteiger partial charge in [0, 0.05) is 17.3 Å². The summed E-state index contributed by atoms with van der Waals surface area (Å²) in [7, 11) is 0. The van der Waals surface area contributed by atoms with E-state index in [0.29, 0.717) is 10.6 Å². The third-order valence-electron chi connectivity index (χ3n) is 3.27. The standard InChI is InChI=1S/C16H16N2O3S/c1-10-4-6-13(11(2)8-10)17-16(19)12-5-7-15(22-3)14(9-12)18(20)21/h4-9H,1-3H3,(H,17,19). The van der Waals surface area contributed by atoms with Crippen LogP contribution in [-0.4, -0.2) is 17.1 Å². The van der Waals surface area contributed by atoms with Gasteiger partial charge in [0.15, 0.2) is 0 Å². The molecule has 114 valence electrons. The molecule has 0 atom stereocenters. The van der Waals surface area contributed by atoms with Crippen LogP contribution >= 0.6 is 11.8 Å². The minimum absolute atomic E-state index is 0.0548. The van der Waals surface area contributed by atoms with E-state index in [4.69, 9.17) is 0 Å². The van der Waals surface area contributed by atoms with Crippen molar-refractivity contribution in [3.63, 3.8) is 0 Å². The predicted octanol–water partition coefficient (Wildman–Crippen LogP) is 4.19. The number of benzene rings is 2. The summed E-state index contributed by atoms with van der Waals surface area (Å²) >= 11 is 1.28. The molecule has 0 saturated heterocycles. The maximum Gasteiger partial charge on any atom is 0.283 e. The number of hydrogen-bond acceptors (Lipinski definition) is 4. The van der Waals surface area contributed by atoms with Crippen LogP contribution in [0, 0.1) is 24.0 Å². The van der Waals surface area contributed by atoms with E-state index < -0.39 is 4.92 Å². The number of nitro benzene ring substituents is 1. The summed E-state index contributed by atoms with van der Waals surface area (Å²) in [6.45, 7) is 3.88. The van der Waals surface area contributed by atoms with Crippen molar-refractivity contribution in [2.75, 3.05) is 11.6 Å². The average molecular weight is 316 g/mol. The average Bonchev–Trinajstić information content (AvgIpc) is 2.49. The number of nitrogens with zero attached hydrogens (tertiary/aromatic N) is 1. The fourth-order valence-corrected chi connectivity index (χ4v) is 2.67. The third kappa shape index (κ3) is 3.46. The van der Waals surface area contributed by atoms with E-state index in [1.807, 2.05) is 32.0 Å². The van der Waals surface area contributed by atoms with Crippen molar-refractivity contribution in [3.05, 3.63) is 63.2 Å². The number of carbonyl (C=O) groups is 1. The Morgan fingerprint density at radius 1 is 1.18 bits per heavy atom. The minimum atomic E-state index is -0.472. The Morgan fingerprint density at radius 2 is 1.91 bits per heavy atom. The lowest BCUT2D eigenvalue weighted by atomic mass is 10.1. The number of aryl methyl sites for hydroxylation is 2. The first-order valence-corrected chi connectivity index (χ1v) is 7.86. The number of rotatable bonds is 4. The fourth-order valence-electron chi connectivity index (χ4n) is 2.12. The van der Waals surface area contributed by atoms with E-state index in [9.17, 15) is 14.9 Å². The van der Waals surface area contributed by atoms with Crippen LogP contribution in [0.5, 0.6) is 0 Å². The second-order valence-corrected chi connectivity index (χ2v) is 5.76. The summed E-state index contributed by atoms with van der Waals surface area (Å²) < 4.78 is 0. The van der Waals surface area contributed by atoms with E-state index >= 15 is 0 Å². The lowest BCUT2D eigenvalue weighted by molar-refractivity contribution is -0.387. The van der Waals surface area contributed by atoms with E-state index in [1.165, 1.54) is 17.8 Å². The molecule has 5 nitrogen and oxygen atoms in total. The molecule has 0 unspecified atom stereocenters. The summed E-state index contributed by atoms with van der Waals surface area (Å²) in [6, 6.07) is 10.2. The van der Waals surface area contributed by atoms with Crippen LogP contribution in [0.3, 0.4) is 0 Å². The van der Waals surface area contributed by atoms with Crippen molar-refractivity contribution in [2.45, 2.75) is 18.7 Å². The molecule has 0 aromatic heterocycles. The lowest BCUT2D eigenvalue weighted by Gasteiger charge is -2.09. The quantitative estimate of drug-likeness (QED) is 0.521. The molecule has 1 N–H and O–H groups in total. The summed E-state index contributed by atoms with van der Waals surface area (Å²) in [5.74, 6) is -0.359. The summed E-state index contributed by atoms with van der Waals surface area (Å²) in [5.41, 5.74) is 2.97. The summed E-state index contributed by atoms with van der Waals surface area (Å²) in [4.78, 5) is 23.4. The van der Waals surface area contributed by atoms with Crippen molar-refractivity contribution in [1.29, 1.82) is 0 Å². The Labute approximate surface area is 132 Å². The minimum Gasteiger partial charge on any atom is -0.322 e. The number of nitro groups is 1. The van der Waals surface area contributed by atoms with Crippen LogP contribution in [-0.2, 0) is 0 Å². The highest BCUT2D eigenvalue weighted by molar-refractivity contribution is 7.98. The van der Waals surface area contributed by atoms with E-state index in [-0.39, 0.29) is 17.2 Å². The van der Waals surface area contributed by atoms with Crippen LogP contribution < -0.4 is 5.32 Å². The molecule has 0 heterocycles. The molecule has 6 heteroatoms. The topological polar surface area (TPSA) is 72.2 Å². The van der Waals surface area contributed by atoms with Gasteiger partial charge >= 0.3 is 0 Å². The molecule has 1 amide bonds. The molecule has 2 aromatic carbocycles. The van der Waals surface area contributed by atoms with Gasteiger partial charge in [-0.1, -0.05) is 17.7 Å². The van der Waals surface area contributed by atoms with Gasteiger partial charge in [0.1, 0.15) is 0 Å². The van der Waals surface area contributed by atoms with Crippen molar-refractivity contribution in [3.8, 4) is 0 Å². The van der Waals surface area contributed by atoms with Gasteiger partial charge in [-0.3, -0.25) is 14.9 Å². The Morgan fingerprint density at radius 3 is 2.50 bits per heavy atom. The molecule has 2 aromatic rings. The Bertz CT molecular complexity index is 744. The number of hydrogen-bond donors (Lipinski definition) is 1. The third-order valence-corrected chi connectivity index (χ3v) is 4.05. The number of nitrogens with one attached hydrogen (secondary N) is 1. The van der Waals surface area contributed by atoms with E-state index in [0.717, 1.165) is 11.1 Å². The Balaban J connectivity index is 2.30. The van der Waals surface area contributed by atoms with Gasteiger partial charge in [-0.25, -0.2) is 0 Å². The first-order valence-electron chi connectivity index (χ1n) is 6.63. The van der Waals surface area contributed by atoms with Crippen molar-refractivity contribution in [2.24, 2.45) is 0 Å². The van der Waals surface area contributed by atoms with Crippen molar-refractivity contribution < 1.29 is 9.72 Å². The number of carbonyl (C=O) groups excluding carboxylic acids is 1. The highest BCUT2D eigenvalue weighted by Crippen LogP contribution is 2.28. The number of thioether (sulfide) groups is 1. The van der Waals surface area contributed by atoms with Gasteiger partial charge in [0.05, 0.1) is 9.82 Å². The predicted molar refractivity (Wildman–Crippen MR) is 88.7 cm³/mol. The molecule has 0 spiro atoms. The summed E-state index contributed by atoms with van der Waals surface area (Å²) in [5, 5.41) is 13.9. The van der Waals surface area contributed by atoms with Crippen molar-refractivity contribution >= 4 is 29.0 Å². The van der Waals surface area contributed by atoms with Crippen LogP contribution in [0.15, 0.2) is 41.3 Å². The highest BCUT2D eigenvalue weighted by Gasteiger charge is 2.17. The molecule has 0 saturated carbocycles. The Hall–Kier alpha value is -2.34. The monoisotopic (exact) mass is 316 g/mol. The number of amides is 1. The Kier molecular flexibility index (Phi) is 4.82. The first-order chi connectivity index (χ1) is 10.4. The zero-order chi connectivity index (χ0) is 16.3. The van der Waals surface area contributed by atoms with E-state index in [2.05, 4.69) is 5.32 Å². The van der Waals surface area contributed by atoms with Crippen LogP contribution in [0.2, 0.25) is 0 Å². The zero-order valence-corrected chi connectivity index (χ0v) is 13.4. The van der Waals surface area contributed by atoms with Gasteiger partial charge in [0.25, 0.3) is 11.6 Å². The van der Waals surface area contributed by atoms with Gasteiger partial charge in [-0.2, -0.15) is 0 Å². The number of anilines is 1. The molecular weight excluding hydrogens is 300 g/mol. The van der Waals surface area contributed by atoms with Crippen molar-refractivity contribution in [1.82, 2.24) is 0 Å². The maximum atomic E-state index is 12.3. The normalized spacial score (nSPS) is 10.3. The van der Waals surface area contributed by atoms with Crippen LogP contribution in [0.25, 0.3) is 0 Å². The maximum absolute atomic E-state index is 12.3. The van der Waals surface area contributed by atoms with Gasteiger partial charge in [0.2, 0.25) is 0 Å².